The molecule has 0 saturated carbocycles. The standard InChI is InChI=1S/C30H33NO6.C28H31NO4.C3H6O2/c1-20-15-26(33-2)27(34-3)16-22(20)11-12-25-24-18-28(35-4)29(37-19-21-9-7-6-8-10-21)17-23(24)13-14-31(25)30(32)36-5;1-19-14-25(30-2)26(31-3)15-21(19)10-11-24-23-17-27(32-4)28(16-22(23)12-13-29-24)33-18-20-8-6-5-7-9-20;1-3(4)5-2/h6-12,15-18,25H,13-14,19H2,1-5H3;5-11,14-17,24,29H,12-13,18H2,1-4H3;1-2H3/b12-11+;11-10+;. The van der Waals surface area contributed by atoms with E-state index in [1.807, 2.05) is 104 Å². The first-order valence-corrected chi connectivity index (χ1v) is 24.6. The Morgan fingerprint density at radius 3 is 1.41 bits per heavy atom. The highest BCUT2D eigenvalue weighted by atomic mass is 16.5. The Kier molecular flexibility index (Phi) is 20.8. The van der Waals surface area contributed by atoms with E-state index in [0.29, 0.717) is 49.2 Å². The molecular weight excluding hydrogens is 953 g/mol. The van der Waals surface area contributed by atoms with E-state index in [1.165, 1.54) is 32.3 Å². The van der Waals surface area contributed by atoms with Crippen LogP contribution in [0.1, 0.15) is 74.6 Å². The van der Waals surface area contributed by atoms with Crippen LogP contribution in [0, 0.1) is 13.8 Å². The van der Waals surface area contributed by atoms with Gasteiger partial charge >= 0.3 is 12.1 Å². The van der Waals surface area contributed by atoms with Crippen LogP contribution in [0.2, 0.25) is 0 Å². The molecule has 6 aromatic rings. The number of carbonyl (C=O) groups excluding carboxylic acids is 2. The summed E-state index contributed by atoms with van der Waals surface area (Å²) in [5.74, 6) is 5.34. The average Bonchev–Trinajstić information content (AvgIpc) is 3.45. The van der Waals surface area contributed by atoms with Gasteiger partial charge in [-0.05, 0) is 131 Å². The van der Waals surface area contributed by atoms with E-state index < -0.39 is 0 Å². The lowest BCUT2D eigenvalue weighted by Gasteiger charge is -2.35. The number of carbonyl (C=O) groups is 2. The topological polar surface area (TPSA) is 142 Å². The van der Waals surface area contributed by atoms with Crippen molar-refractivity contribution >= 4 is 24.2 Å². The summed E-state index contributed by atoms with van der Waals surface area (Å²) >= 11 is 0. The van der Waals surface area contributed by atoms with Crippen LogP contribution in [0.4, 0.5) is 4.79 Å². The van der Waals surface area contributed by atoms with Gasteiger partial charge in [0.1, 0.15) is 13.2 Å². The third kappa shape index (κ3) is 14.8. The molecule has 2 unspecified atom stereocenters. The second kappa shape index (κ2) is 27.8. The second-order valence-electron chi connectivity index (χ2n) is 17.5. The van der Waals surface area contributed by atoms with Gasteiger partial charge in [-0.1, -0.05) is 85.0 Å². The number of methoxy groups -OCH3 is 8. The molecule has 0 spiro atoms. The highest BCUT2D eigenvalue weighted by Gasteiger charge is 2.32. The van der Waals surface area contributed by atoms with E-state index in [-0.39, 0.29) is 24.1 Å². The highest BCUT2D eigenvalue weighted by molar-refractivity contribution is 5.71. The van der Waals surface area contributed by atoms with Crippen molar-refractivity contribution in [1.82, 2.24) is 10.2 Å². The zero-order valence-electron chi connectivity index (χ0n) is 44.9. The number of nitrogens with zero attached hydrogens (tertiary/aromatic N) is 1. The molecule has 0 radical (unpaired) electrons. The normalized spacial score (nSPS) is 14.4. The zero-order chi connectivity index (χ0) is 53.9. The number of benzene rings is 6. The van der Waals surface area contributed by atoms with Crippen LogP contribution < -0.4 is 43.2 Å². The van der Waals surface area contributed by atoms with Gasteiger partial charge < -0.3 is 52.7 Å². The molecule has 1 amide bonds. The Morgan fingerprint density at radius 1 is 0.533 bits per heavy atom. The van der Waals surface area contributed by atoms with Crippen molar-refractivity contribution in [2.45, 2.75) is 58.9 Å². The van der Waals surface area contributed by atoms with E-state index in [9.17, 15) is 9.59 Å². The van der Waals surface area contributed by atoms with E-state index in [4.69, 9.17) is 42.6 Å². The van der Waals surface area contributed by atoms with Crippen molar-refractivity contribution in [3.8, 4) is 46.0 Å². The van der Waals surface area contributed by atoms with E-state index >= 15 is 0 Å². The molecule has 0 aliphatic carbocycles. The third-order valence-corrected chi connectivity index (χ3v) is 12.9. The van der Waals surface area contributed by atoms with Crippen LogP contribution in [0.3, 0.4) is 0 Å². The molecule has 0 fully saturated rings. The quantitative estimate of drug-likeness (QED) is 0.0920. The number of nitrogens with one attached hydrogen (secondary N) is 1. The van der Waals surface area contributed by atoms with Gasteiger partial charge in [-0.3, -0.25) is 9.69 Å². The first-order valence-electron chi connectivity index (χ1n) is 24.6. The van der Waals surface area contributed by atoms with Crippen LogP contribution in [-0.2, 0) is 40.3 Å². The van der Waals surface area contributed by atoms with Crippen LogP contribution in [0.15, 0.2) is 121 Å². The number of rotatable bonds is 16. The van der Waals surface area contributed by atoms with Gasteiger partial charge in [-0.2, -0.15) is 0 Å². The Labute approximate surface area is 441 Å². The molecule has 14 nitrogen and oxygen atoms in total. The molecule has 0 saturated heterocycles. The molecule has 2 heterocycles. The Hall–Kier alpha value is -8.10. The fraction of sp³-hybridized carbons (Fsp3) is 0.311. The summed E-state index contributed by atoms with van der Waals surface area (Å²) in [5.41, 5.74) is 11.0. The van der Waals surface area contributed by atoms with Gasteiger partial charge in [0.2, 0.25) is 0 Å². The summed E-state index contributed by atoms with van der Waals surface area (Å²) in [6, 6.07) is 36.0. The van der Waals surface area contributed by atoms with Gasteiger partial charge in [-0.25, -0.2) is 4.79 Å². The molecule has 2 aliphatic heterocycles. The number of esters is 1. The van der Waals surface area contributed by atoms with Gasteiger partial charge in [-0.15, -0.1) is 0 Å². The molecule has 396 valence electrons. The molecule has 14 heteroatoms. The summed E-state index contributed by atoms with van der Waals surface area (Å²) in [4.78, 5) is 24.0. The minimum atomic E-state index is -0.382. The number of amides is 1. The molecule has 75 heavy (non-hydrogen) atoms. The number of fused-ring (bicyclic) bond motifs is 2. The van der Waals surface area contributed by atoms with Crippen molar-refractivity contribution in [3.05, 3.63) is 177 Å². The SMILES string of the molecule is COC(=O)N1CCc2cc(OCc3ccccc3)c(OC)cc2C1/C=C/c1cc(OC)c(OC)cc1C.COC(C)=O.COc1cc(C)c(/C=C/C2NCCc3cc(OCc4ccccc4)c(OC)cc32)cc1OC. The molecule has 2 aliphatic rings. The smallest absolute Gasteiger partial charge is 0.410 e. The monoisotopic (exact) mass is 1020 g/mol. The Bertz CT molecular complexity index is 2900. The molecule has 1 N–H and O–H groups in total. The van der Waals surface area contributed by atoms with Crippen molar-refractivity contribution in [3.63, 3.8) is 0 Å². The number of hydrogen-bond acceptors (Lipinski definition) is 13. The maximum atomic E-state index is 12.7. The predicted molar refractivity (Wildman–Crippen MR) is 292 cm³/mol. The minimum Gasteiger partial charge on any atom is -0.493 e. The van der Waals surface area contributed by atoms with Crippen LogP contribution in [0.25, 0.3) is 12.2 Å². The van der Waals surface area contributed by atoms with Crippen molar-refractivity contribution in [2.75, 3.05) is 70.0 Å². The summed E-state index contributed by atoms with van der Waals surface area (Å²) in [7, 11) is 12.6. The maximum Gasteiger partial charge on any atom is 0.410 e. The zero-order valence-corrected chi connectivity index (χ0v) is 44.9. The van der Waals surface area contributed by atoms with Gasteiger partial charge in [0, 0.05) is 20.0 Å². The van der Waals surface area contributed by atoms with Crippen LogP contribution >= 0.6 is 0 Å². The number of aryl methyl sites for hydroxylation is 2. The lowest BCUT2D eigenvalue weighted by molar-refractivity contribution is -0.137. The Morgan fingerprint density at radius 2 is 0.960 bits per heavy atom. The first-order chi connectivity index (χ1) is 36.4. The van der Waals surface area contributed by atoms with E-state index in [0.717, 1.165) is 80.5 Å². The van der Waals surface area contributed by atoms with E-state index in [2.05, 4.69) is 53.4 Å². The average molecular weight is 1020 g/mol. The van der Waals surface area contributed by atoms with Gasteiger partial charge in [0.05, 0.1) is 69.0 Å². The summed E-state index contributed by atoms with van der Waals surface area (Å²) < 4.78 is 54.6. The van der Waals surface area contributed by atoms with Crippen molar-refractivity contribution in [1.29, 1.82) is 0 Å². The molecule has 0 bridgehead atoms. The Balaban J connectivity index is 0.000000225. The predicted octanol–water partition coefficient (Wildman–Crippen LogP) is 11.7. The third-order valence-electron chi connectivity index (χ3n) is 12.9. The van der Waals surface area contributed by atoms with Crippen molar-refractivity contribution in [2.24, 2.45) is 0 Å². The molecule has 6 aromatic carbocycles. The van der Waals surface area contributed by atoms with Crippen LogP contribution in [-0.4, -0.2) is 86.9 Å². The van der Waals surface area contributed by atoms with Crippen LogP contribution in [0.5, 0.6) is 46.0 Å². The summed E-state index contributed by atoms with van der Waals surface area (Å²) in [5, 5.41) is 3.61. The lowest BCUT2D eigenvalue weighted by Crippen LogP contribution is -2.39. The summed E-state index contributed by atoms with van der Waals surface area (Å²) in [6.07, 6.45) is 9.57. The number of hydrogen-bond donors (Lipinski definition) is 1. The minimum absolute atomic E-state index is 0.0818. The van der Waals surface area contributed by atoms with E-state index in [1.54, 1.807) is 47.6 Å². The second-order valence-corrected chi connectivity index (χ2v) is 17.5. The first kappa shape index (κ1) is 56.2. The molecule has 8 rings (SSSR count). The largest absolute Gasteiger partial charge is 0.493 e. The van der Waals surface area contributed by atoms with Gasteiger partial charge in [0.15, 0.2) is 46.0 Å². The highest BCUT2D eigenvalue weighted by Crippen LogP contribution is 2.41. The van der Waals surface area contributed by atoms with Gasteiger partial charge in [0.25, 0.3) is 0 Å². The fourth-order valence-corrected chi connectivity index (χ4v) is 8.72. The lowest BCUT2D eigenvalue weighted by atomic mass is 9.91. The fourth-order valence-electron chi connectivity index (χ4n) is 8.72. The molecule has 2 atom stereocenters. The summed E-state index contributed by atoms with van der Waals surface area (Å²) in [6.45, 7) is 7.81. The molecular formula is C61H70N2O12. The maximum absolute atomic E-state index is 12.7. The molecule has 0 aromatic heterocycles. The van der Waals surface area contributed by atoms with Crippen molar-refractivity contribution < 1.29 is 57.0 Å². The number of ether oxygens (including phenoxy) is 10.